The molecule has 2 fully saturated rings. The number of hydrogen-bond acceptors (Lipinski definition) is 6. The third-order valence-electron chi connectivity index (χ3n) is 7.23. The van der Waals surface area contributed by atoms with Gasteiger partial charge in [-0.1, -0.05) is 26.0 Å². The quantitative estimate of drug-likeness (QED) is 0.564. The molecule has 1 unspecified atom stereocenters. The fourth-order valence-corrected chi connectivity index (χ4v) is 5.02. The van der Waals surface area contributed by atoms with Gasteiger partial charge in [0.2, 0.25) is 0 Å². The van der Waals surface area contributed by atoms with Crippen LogP contribution in [0.15, 0.2) is 24.3 Å². The van der Waals surface area contributed by atoms with Gasteiger partial charge in [-0.2, -0.15) is 5.26 Å². The van der Waals surface area contributed by atoms with Crippen molar-refractivity contribution in [1.29, 1.82) is 10.7 Å². The maximum atomic E-state index is 11.8. The van der Waals surface area contributed by atoms with Gasteiger partial charge in [-0.3, -0.25) is 9.69 Å². The molecule has 0 bridgehead atoms. The van der Waals surface area contributed by atoms with Gasteiger partial charge in [0.05, 0.1) is 24.3 Å². The summed E-state index contributed by atoms with van der Waals surface area (Å²) in [6.45, 7) is 9.32. The van der Waals surface area contributed by atoms with E-state index in [0.29, 0.717) is 5.92 Å². The van der Waals surface area contributed by atoms with Crippen LogP contribution in [0.1, 0.15) is 64.0 Å². The molecule has 1 aliphatic heterocycles. The van der Waals surface area contributed by atoms with E-state index in [-0.39, 0.29) is 29.8 Å². The predicted octanol–water partition coefficient (Wildman–Crippen LogP) is 4.20. The largest absolute Gasteiger partial charge is 0.388 e. The number of rotatable bonds is 9. The average molecular weight is 439 g/mol. The van der Waals surface area contributed by atoms with Crippen LogP contribution in [0.4, 0.5) is 5.69 Å². The highest BCUT2D eigenvalue weighted by molar-refractivity contribution is 6.39. The van der Waals surface area contributed by atoms with E-state index in [2.05, 4.69) is 21.9 Å². The minimum absolute atomic E-state index is 0.0561. The fraction of sp³-hybridized carbons (Fsp3) is 0.654. The first-order chi connectivity index (χ1) is 15.4. The van der Waals surface area contributed by atoms with Gasteiger partial charge < -0.3 is 15.4 Å². The topological polar surface area (TPSA) is 91.4 Å². The minimum Gasteiger partial charge on any atom is -0.388 e. The molecular weight excluding hydrogens is 400 g/mol. The highest BCUT2D eigenvalue weighted by atomic mass is 16.3. The van der Waals surface area contributed by atoms with Crippen LogP contribution in [0.2, 0.25) is 0 Å². The van der Waals surface area contributed by atoms with Crippen molar-refractivity contribution in [3.8, 4) is 6.07 Å². The Morgan fingerprint density at radius 2 is 1.88 bits per heavy atom. The summed E-state index contributed by atoms with van der Waals surface area (Å²) >= 11 is 0. The number of nitriles is 1. The highest BCUT2D eigenvalue weighted by Crippen LogP contribution is 2.32. The number of ketones is 1. The van der Waals surface area contributed by atoms with Gasteiger partial charge in [0.25, 0.3) is 0 Å². The van der Waals surface area contributed by atoms with Crippen molar-refractivity contribution in [2.24, 2.45) is 17.8 Å². The van der Waals surface area contributed by atoms with Crippen molar-refractivity contribution in [1.82, 2.24) is 4.90 Å². The number of carbonyl (C=O) groups is 1. The number of nitrogens with one attached hydrogen (secondary N) is 1. The normalized spacial score (nSPS) is 23.0. The molecule has 6 heteroatoms. The molecule has 0 spiro atoms. The van der Waals surface area contributed by atoms with Crippen LogP contribution in [0.3, 0.4) is 0 Å². The van der Waals surface area contributed by atoms with E-state index in [9.17, 15) is 9.90 Å². The zero-order valence-electron chi connectivity index (χ0n) is 19.6. The van der Waals surface area contributed by atoms with E-state index in [1.165, 1.54) is 12.1 Å². The molecule has 0 aromatic heterocycles. The van der Waals surface area contributed by atoms with E-state index in [0.717, 1.165) is 64.0 Å². The van der Waals surface area contributed by atoms with Crippen LogP contribution >= 0.6 is 0 Å². The first-order valence-corrected chi connectivity index (χ1v) is 12.1. The lowest BCUT2D eigenvalue weighted by Gasteiger charge is -2.37. The summed E-state index contributed by atoms with van der Waals surface area (Å²) in [5.74, 6) is 0.650. The molecular formula is C26H38N4O2. The second kappa shape index (κ2) is 11.6. The number of nitrogens with zero attached hydrogens (tertiary/aromatic N) is 3. The summed E-state index contributed by atoms with van der Waals surface area (Å²) < 4.78 is 0. The highest BCUT2D eigenvalue weighted by Gasteiger charge is 2.28. The second-order valence-corrected chi connectivity index (χ2v) is 9.79. The first kappa shape index (κ1) is 24.4. The molecule has 2 N–H and O–H groups in total. The van der Waals surface area contributed by atoms with E-state index in [1.54, 1.807) is 0 Å². The van der Waals surface area contributed by atoms with Gasteiger partial charge in [0.1, 0.15) is 0 Å². The van der Waals surface area contributed by atoms with Gasteiger partial charge in [-0.25, -0.2) is 0 Å². The predicted molar refractivity (Wildman–Crippen MR) is 128 cm³/mol. The molecule has 1 aromatic rings. The number of aliphatic hydroxyl groups excluding tert-OH is 1. The Balaban J connectivity index is 1.39. The smallest absolute Gasteiger partial charge is 0.190 e. The first-order valence-electron chi connectivity index (χ1n) is 12.1. The Hall–Kier alpha value is -2.23. The lowest BCUT2D eigenvalue weighted by Crippen LogP contribution is -2.47. The molecule has 6 nitrogen and oxygen atoms in total. The minimum atomic E-state index is -0.417. The summed E-state index contributed by atoms with van der Waals surface area (Å²) in [4.78, 5) is 16.8. The lowest BCUT2D eigenvalue weighted by atomic mass is 9.77. The number of piperazine rings is 1. The van der Waals surface area contributed by atoms with Crippen LogP contribution in [0.25, 0.3) is 0 Å². The molecule has 174 valence electrons. The Labute approximate surface area is 192 Å². The van der Waals surface area contributed by atoms with Gasteiger partial charge >= 0.3 is 0 Å². The van der Waals surface area contributed by atoms with Crippen molar-refractivity contribution in [3.63, 3.8) is 0 Å². The molecule has 1 saturated heterocycles. The van der Waals surface area contributed by atoms with Crippen molar-refractivity contribution in [3.05, 3.63) is 29.8 Å². The van der Waals surface area contributed by atoms with Gasteiger partial charge in [0.15, 0.2) is 5.78 Å². The number of aliphatic hydroxyl groups is 1. The number of carbonyl (C=O) groups excluding carboxylic acids is 1. The standard InChI is InChI=1S/C26H38N4O2/c1-19(2)26(32)22-4-3-5-23(18-22)30-16-14-29(15-17-30)13-11-20-6-8-21(9-7-20)25(28)24(31)10-12-27/h3-5,18-21,26,28,32H,6-11,13-17H2,1-2H3. The molecule has 2 aliphatic rings. The Morgan fingerprint density at radius 1 is 1.19 bits per heavy atom. The van der Waals surface area contributed by atoms with E-state index in [1.807, 2.05) is 32.0 Å². The molecule has 1 aliphatic carbocycles. The maximum absolute atomic E-state index is 11.8. The summed E-state index contributed by atoms with van der Waals surface area (Å²) in [5.41, 5.74) is 2.37. The Morgan fingerprint density at radius 3 is 2.50 bits per heavy atom. The molecule has 3 rings (SSSR count). The van der Waals surface area contributed by atoms with Crippen molar-refractivity contribution < 1.29 is 9.90 Å². The summed E-state index contributed by atoms with van der Waals surface area (Å²) in [7, 11) is 0. The average Bonchev–Trinajstić information content (AvgIpc) is 2.82. The number of anilines is 1. The van der Waals surface area contributed by atoms with Crippen LogP contribution in [0.5, 0.6) is 0 Å². The molecule has 1 aromatic carbocycles. The van der Waals surface area contributed by atoms with Crippen molar-refractivity contribution >= 4 is 17.2 Å². The third-order valence-corrected chi connectivity index (χ3v) is 7.23. The molecule has 1 heterocycles. The van der Waals surface area contributed by atoms with Crippen LogP contribution in [0, 0.1) is 34.5 Å². The van der Waals surface area contributed by atoms with Crippen molar-refractivity contribution in [2.75, 3.05) is 37.6 Å². The molecule has 0 amide bonds. The summed E-state index contributed by atoms with van der Waals surface area (Å²) in [6.07, 6.45) is 4.59. The molecule has 1 atom stereocenters. The zero-order chi connectivity index (χ0) is 23.1. The van der Waals surface area contributed by atoms with Gasteiger partial charge in [-0.05, 0) is 68.2 Å². The number of benzene rings is 1. The summed E-state index contributed by atoms with van der Waals surface area (Å²) in [6, 6.07) is 10.2. The van der Waals surface area contributed by atoms with E-state index in [4.69, 9.17) is 10.7 Å². The van der Waals surface area contributed by atoms with Crippen molar-refractivity contribution in [2.45, 2.75) is 58.5 Å². The molecule has 32 heavy (non-hydrogen) atoms. The Kier molecular flexibility index (Phi) is 8.84. The van der Waals surface area contributed by atoms with E-state index < -0.39 is 6.10 Å². The lowest BCUT2D eigenvalue weighted by molar-refractivity contribution is -0.112. The molecule has 1 saturated carbocycles. The fourth-order valence-electron chi connectivity index (χ4n) is 5.02. The monoisotopic (exact) mass is 438 g/mol. The SMILES string of the molecule is CC(C)C(O)c1cccc(N2CCN(CCC3CCC(C(=N)C(=O)CC#N)CC3)CC2)c1. The number of hydrogen-bond donors (Lipinski definition) is 2. The van der Waals surface area contributed by atoms with Crippen LogP contribution in [-0.4, -0.2) is 54.2 Å². The van der Waals surface area contributed by atoms with E-state index >= 15 is 0 Å². The molecule has 0 radical (unpaired) electrons. The maximum Gasteiger partial charge on any atom is 0.190 e. The zero-order valence-corrected chi connectivity index (χ0v) is 19.6. The van der Waals surface area contributed by atoms with Gasteiger partial charge in [-0.15, -0.1) is 0 Å². The Bertz CT molecular complexity index is 815. The van der Waals surface area contributed by atoms with Crippen LogP contribution in [-0.2, 0) is 4.79 Å². The summed E-state index contributed by atoms with van der Waals surface area (Å²) in [5, 5.41) is 27.1. The van der Waals surface area contributed by atoms with Gasteiger partial charge in [0, 0.05) is 37.8 Å². The number of Topliss-reactive ketones (excluding diaryl/α,β-unsaturated/α-hetero) is 1. The second-order valence-electron chi connectivity index (χ2n) is 9.79. The van der Waals surface area contributed by atoms with Crippen LogP contribution < -0.4 is 4.90 Å². The third kappa shape index (κ3) is 6.40.